The van der Waals surface area contributed by atoms with E-state index in [0.29, 0.717) is 42.7 Å². The Morgan fingerprint density at radius 3 is 2.50 bits per heavy atom. The molecule has 3 rings (SSSR count). The Balaban J connectivity index is 1.64. The molecule has 2 aromatic rings. The van der Waals surface area contributed by atoms with Crippen molar-refractivity contribution in [2.45, 2.75) is 38.0 Å². The summed E-state index contributed by atoms with van der Waals surface area (Å²) in [6, 6.07) is 11.5. The van der Waals surface area contributed by atoms with Gasteiger partial charge in [-0.2, -0.15) is 0 Å². The SMILES string of the molecule is Cc1ccc(NS(=O)(=O)c2ccc(C)c(C(=O)NCCCN3CCCC3=O)c2)cc1. The fourth-order valence-electron chi connectivity index (χ4n) is 3.36. The summed E-state index contributed by atoms with van der Waals surface area (Å²) in [6.07, 6.45) is 2.15. The Morgan fingerprint density at radius 1 is 1.10 bits per heavy atom. The molecule has 1 heterocycles. The number of rotatable bonds is 8. The lowest BCUT2D eigenvalue weighted by Gasteiger charge is -2.15. The maximum Gasteiger partial charge on any atom is 0.261 e. The molecule has 160 valence electrons. The van der Waals surface area contributed by atoms with Gasteiger partial charge in [-0.25, -0.2) is 8.42 Å². The number of nitrogens with zero attached hydrogens (tertiary/aromatic N) is 1. The van der Waals surface area contributed by atoms with Crippen LogP contribution in [0.5, 0.6) is 0 Å². The summed E-state index contributed by atoms with van der Waals surface area (Å²) < 4.78 is 28.0. The van der Waals surface area contributed by atoms with Gasteiger partial charge in [0.1, 0.15) is 0 Å². The van der Waals surface area contributed by atoms with Crippen molar-refractivity contribution in [3.05, 3.63) is 59.2 Å². The van der Waals surface area contributed by atoms with Crippen LogP contribution in [0.2, 0.25) is 0 Å². The highest BCUT2D eigenvalue weighted by Gasteiger charge is 2.20. The smallest absolute Gasteiger partial charge is 0.261 e. The number of nitrogens with one attached hydrogen (secondary N) is 2. The van der Waals surface area contributed by atoms with E-state index >= 15 is 0 Å². The van der Waals surface area contributed by atoms with Gasteiger partial charge in [0.15, 0.2) is 0 Å². The monoisotopic (exact) mass is 429 g/mol. The molecule has 0 saturated carbocycles. The highest BCUT2D eigenvalue weighted by Crippen LogP contribution is 2.20. The van der Waals surface area contributed by atoms with Gasteiger partial charge in [-0.3, -0.25) is 14.3 Å². The number of carbonyl (C=O) groups excluding carboxylic acids is 2. The molecule has 0 atom stereocenters. The van der Waals surface area contributed by atoms with Gasteiger partial charge in [-0.05, 0) is 56.5 Å². The van der Waals surface area contributed by atoms with E-state index < -0.39 is 10.0 Å². The van der Waals surface area contributed by atoms with Crippen molar-refractivity contribution in [1.29, 1.82) is 0 Å². The van der Waals surface area contributed by atoms with Crippen LogP contribution in [0.25, 0.3) is 0 Å². The van der Waals surface area contributed by atoms with Crippen LogP contribution >= 0.6 is 0 Å². The van der Waals surface area contributed by atoms with Gasteiger partial charge < -0.3 is 10.2 Å². The zero-order valence-corrected chi connectivity index (χ0v) is 18.1. The number of aryl methyl sites for hydroxylation is 2. The summed E-state index contributed by atoms with van der Waals surface area (Å²) in [6.45, 7) is 5.50. The molecule has 0 unspecified atom stereocenters. The predicted molar refractivity (Wildman–Crippen MR) is 116 cm³/mol. The molecule has 8 heteroatoms. The normalized spacial score (nSPS) is 14.1. The van der Waals surface area contributed by atoms with E-state index in [0.717, 1.165) is 18.5 Å². The summed E-state index contributed by atoms with van der Waals surface area (Å²) in [5, 5.41) is 2.82. The van der Waals surface area contributed by atoms with Crippen molar-refractivity contribution >= 4 is 27.5 Å². The topological polar surface area (TPSA) is 95.6 Å². The molecular weight excluding hydrogens is 402 g/mol. The molecule has 2 aromatic carbocycles. The maximum atomic E-state index is 12.7. The van der Waals surface area contributed by atoms with Crippen LogP contribution in [0.15, 0.2) is 47.4 Å². The molecule has 0 radical (unpaired) electrons. The Bertz CT molecular complexity index is 1030. The zero-order chi connectivity index (χ0) is 21.7. The molecule has 0 spiro atoms. The van der Waals surface area contributed by atoms with Gasteiger partial charge in [-0.1, -0.05) is 23.8 Å². The zero-order valence-electron chi connectivity index (χ0n) is 17.3. The average Bonchev–Trinajstić information content (AvgIpc) is 3.11. The highest BCUT2D eigenvalue weighted by atomic mass is 32.2. The van der Waals surface area contributed by atoms with Crippen LogP contribution in [-0.2, 0) is 14.8 Å². The van der Waals surface area contributed by atoms with Crippen molar-refractivity contribution in [2.75, 3.05) is 24.4 Å². The molecule has 1 fully saturated rings. The molecule has 7 nitrogen and oxygen atoms in total. The van der Waals surface area contributed by atoms with Crippen LogP contribution in [0.1, 0.15) is 40.7 Å². The molecular formula is C22H27N3O4S. The van der Waals surface area contributed by atoms with Crippen molar-refractivity contribution in [1.82, 2.24) is 10.2 Å². The lowest BCUT2D eigenvalue weighted by Crippen LogP contribution is -2.31. The van der Waals surface area contributed by atoms with E-state index in [1.54, 1.807) is 30.0 Å². The second-order valence-corrected chi connectivity index (χ2v) is 9.22. The molecule has 30 heavy (non-hydrogen) atoms. The van der Waals surface area contributed by atoms with Crippen molar-refractivity contribution in [3.8, 4) is 0 Å². The number of sulfonamides is 1. The van der Waals surface area contributed by atoms with E-state index in [9.17, 15) is 18.0 Å². The van der Waals surface area contributed by atoms with E-state index in [2.05, 4.69) is 10.0 Å². The summed E-state index contributed by atoms with van der Waals surface area (Å²) in [5.41, 5.74) is 2.50. The summed E-state index contributed by atoms with van der Waals surface area (Å²) >= 11 is 0. The molecule has 0 aliphatic carbocycles. The number of hydrogen-bond donors (Lipinski definition) is 2. The molecule has 1 saturated heterocycles. The Morgan fingerprint density at radius 2 is 1.83 bits per heavy atom. The lowest BCUT2D eigenvalue weighted by atomic mass is 10.1. The summed E-state index contributed by atoms with van der Waals surface area (Å²) in [5.74, 6) is -0.163. The Hall–Kier alpha value is -2.87. The van der Waals surface area contributed by atoms with Crippen molar-refractivity contribution in [2.24, 2.45) is 0 Å². The number of carbonyl (C=O) groups is 2. The van der Waals surface area contributed by atoms with Gasteiger partial charge in [-0.15, -0.1) is 0 Å². The third-order valence-corrected chi connectivity index (χ3v) is 6.51. The fourth-order valence-corrected chi connectivity index (χ4v) is 4.44. The van der Waals surface area contributed by atoms with E-state index in [-0.39, 0.29) is 16.7 Å². The average molecular weight is 430 g/mol. The number of anilines is 1. The molecule has 1 aliphatic rings. The van der Waals surface area contributed by atoms with Crippen LogP contribution in [0.4, 0.5) is 5.69 Å². The second-order valence-electron chi connectivity index (χ2n) is 7.54. The number of likely N-dealkylation sites (tertiary alicyclic amines) is 1. The van der Waals surface area contributed by atoms with Gasteiger partial charge >= 0.3 is 0 Å². The molecule has 2 N–H and O–H groups in total. The standard InChI is InChI=1S/C22H27N3O4S/c1-16-6-9-18(10-7-16)24-30(28,29)19-11-8-17(2)20(15-19)22(27)23-12-4-14-25-13-3-5-21(25)26/h6-11,15,24H,3-5,12-14H2,1-2H3,(H,23,27). The minimum absolute atomic E-state index is 0.0292. The first-order valence-corrected chi connectivity index (χ1v) is 11.5. The minimum Gasteiger partial charge on any atom is -0.352 e. The second kappa shape index (κ2) is 9.30. The van der Waals surface area contributed by atoms with Crippen molar-refractivity contribution < 1.29 is 18.0 Å². The molecule has 2 amide bonds. The minimum atomic E-state index is -3.82. The van der Waals surface area contributed by atoms with E-state index in [1.165, 1.54) is 12.1 Å². The summed E-state index contributed by atoms with van der Waals surface area (Å²) in [7, 11) is -3.82. The predicted octanol–water partition coefficient (Wildman–Crippen LogP) is 2.85. The van der Waals surface area contributed by atoms with Gasteiger partial charge in [0.05, 0.1) is 4.90 Å². The van der Waals surface area contributed by atoms with Gasteiger partial charge in [0, 0.05) is 37.3 Å². The Labute approximate surface area is 177 Å². The number of amides is 2. The van der Waals surface area contributed by atoms with Crippen LogP contribution in [0, 0.1) is 13.8 Å². The highest BCUT2D eigenvalue weighted by molar-refractivity contribution is 7.92. The molecule has 1 aliphatic heterocycles. The number of hydrogen-bond acceptors (Lipinski definition) is 4. The maximum absolute atomic E-state index is 12.7. The van der Waals surface area contributed by atoms with Gasteiger partial charge in [0.2, 0.25) is 5.91 Å². The van der Waals surface area contributed by atoms with E-state index in [4.69, 9.17) is 0 Å². The number of benzene rings is 2. The largest absolute Gasteiger partial charge is 0.352 e. The third kappa shape index (κ3) is 5.38. The van der Waals surface area contributed by atoms with Crippen LogP contribution in [-0.4, -0.2) is 44.8 Å². The van der Waals surface area contributed by atoms with E-state index in [1.807, 2.05) is 19.1 Å². The van der Waals surface area contributed by atoms with Crippen LogP contribution < -0.4 is 10.0 Å². The van der Waals surface area contributed by atoms with Gasteiger partial charge in [0.25, 0.3) is 15.9 Å². The first-order chi connectivity index (χ1) is 14.3. The molecule has 0 bridgehead atoms. The first-order valence-electron chi connectivity index (χ1n) is 10.0. The summed E-state index contributed by atoms with van der Waals surface area (Å²) in [4.78, 5) is 26.1. The fraction of sp³-hybridized carbons (Fsp3) is 0.364. The van der Waals surface area contributed by atoms with Crippen LogP contribution in [0.3, 0.4) is 0 Å². The van der Waals surface area contributed by atoms with Crippen molar-refractivity contribution in [3.63, 3.8) is 0 Å². The lowest BCUT2D eigenvalue weighted by molar-refractivity contribution is -0.127. The molecule has 0 aromatic heterocycles. The Kier molecular flexibility index (Phi) is 6.77. The first kappa shape index (κ1) is 21.8. The quantitative estimate of drug-likeness (QED) is 0.631. The third-order valence-electron chi connectivity index (χ3n) is 5.13.